The van der Waals surface area contributed by atoms with Crippen molar-refractivity contribution in [1.29, 1.82) is 0 Å². The second kappa shape index (κ2) is 3.21. The molecule has 0 aromatic carbocycles. The molecule has 72 valence electrons. The van der Waals surface area contributed by atoms with Crippen molar-refractivity contribution in [2.24, 2.45) is 0 Å². The molecule has 0 spiro atoms. The summed E-state index contributed by atoms with van der Waals surface area (Å²) in [5, 5.41) is 7.78. The molecule has 13 heavy (non-hydrogen) atoms. The summed E-state index contributed by atoms with van der Waals surface area (Å²) in [4.78, 5) is 12.8. The van der Waals surface area contributed by atoms with Gasteiger partial charge in [0.05, 0.1) is 5.38 Å². The van der Waals surface area contributed by atoms with Crippen molar-refractivity contribution in [3.8, 4) is 5.88 Å². The highest BCUT2D eigenvalue weighted by Gasteiger charge is 2.35. The molecule has 1 aromatic heterocycles. The lowest BCUT2D eigenvalue weighted by Gasteiger charge is -1.98. The molecule has 0 bridgehead atoms. The van der Waals surface area contributed by atoms with Crippen LogP contribution >= 0.6 is 11.3 Å². The number of hydrogen-bond acceptors (Lipinski definition) is 4. The van der Waals surface area contributed by atoms with Crippen LogP contribution in [-0.4, -0.2) is 16.2 Å². The molecule has 0 atom stereocenters. The number of thiazole rings is 1. The Morgan fingerprint density at radius 3 is 2.62 bits per heavy atom. The third kappa shape index (κ3) is 2.58. The summed E-state index contributed by atoms with van der Waals surface area (Å²) in [6, 6.07) is 0. The Morgan fingerprint density at radius 1 is 1.62 bits per heavy atom. The quantitative estimate of drug-likeness (QED) is 0.726. The molecule has 0 saturated heterocycles. The molecule has 0 aliphatic rings. The first-order chi connectivity index (χ1) is 5.89. The van der Waals surface area contributed by atoms with Gasteiger partial charge >= 0.3 is 12.3 Å². The molecule has 0 radical (unpaired) electrons. The predicted octanol–water partition coefficient (Wildman–Crippen LogP) is 2.22. The molecule has 1 aromatic rings. The van der Waals surface area contributed by atoms with E-state index in [2.05, 4.69) is 9.72 Å². The number of halogens is 3. The van der Waals surface area contributed by atoms with Crippen LogP contribution in [0.15, 0.2) is 5.38 Å². The first-order valence-corrected chi connectivity index (χ1v) is 3.71. The summed E-state index contributed by atoms with van der Waals surface area (Å²) in [7, 11) is 0. The average molecular weight is 213 g/mol. The largest absolute Gasteiger partial charge is 0.512 e. The van der Waals surface area contributed by atoms with Crippen molar-refractivity contribution < 1.29 is 27.8 Å². The number of nitrogens with zero attached hydrogens (tertiary/aromatic N) is 1. The molecule has 0 saturated carbocycles. The van der Waals surface area contributed by atoms with E-state index < -0.39 is 23.2 Å². The number of aromatic nitrogens is 1. The Bertz CT molecular complexity index is 321. The van der Waals surface area contributed by atoms with Crippen LogP contribution in [0.5, 0.6) is 5.88 Å². The van der Waals surface area contributed by atoms with Crippen molar-refractivity contribution in [2.45, 2.75) is 6.18 Å². The fourth-order valence-electron chi connectivity index (χ4n) is 0.526. The van der Waals surface area contributed by atoms with E-state index in [-0.39, 0.29) is 11.3 Å². The van der Waals surface area contributed by atoms with Crippen molar-refractivity contribution in [3.63, 3.8) is 0 Å². The lowest BCUT2D eigenvalue weighted by molar-refractivity contribution is -0.137. The number of alkyl halides is 3. The van der Waals surface area contributed by atoms with Gasteiger partial charge in [0.15, 0.2) is 0 Å². The zero-order valence-corrected chi connectivity index (χ0v) is 6.65. The van der Waals surface area contributed by atoms with Crippen LogP contribution < -0.4 is 4.74 Å². The Morgan fingerprint density at radius 2 is 2.23 bits per heavy atom. The first-order valence-electron chi connectivity index (χ1n) is 2.83. The van der Waals surface area contributed by atoms with Gasteiger partial charge in [0.1, 0.15) is 0 Å². The van der Waals surface area contributed by atoms with Gasteiger partial charge in [-0.05, 0) is 0 Å². The number of rotatable bonds is 1. The fraction of sp³-hybridized carbons (Fsp3) is 0.200. The molecule has 0 aliphatic heterocycles. The zero-order chi connectivity index (χ0) is 10.1. The Kier molecular flexibility index (Phi) is 2.41. The Labute approximate surface area is 73.6 Å². The topological polar surface area (TPSA) is 59.4 Å². The van der Waals surface area contributed by atoms with Crippen molar-refractivity contribution in [3.05, 3.63) is 10.4 Å². The Balaban J connectivity index is 2.81. The molecule has 1 rings (SSSR count). The number of ether oxygens (including phenoxy) is 1. The minimum Gasteiger partial charge on any atom is -0.449 e. The first kappa shape index (κ1) is 9.78. The highest BCUT2D eigenvalue weighted by atomic mass is 32.1. The minimum atomic E-state index is -4.56. The third-order valence-corrected chi connectivity index (χ3v) is 1.78. The molecule has 0 fully saturated rings. The van der Waals surface area contributed by atoms with Gasteiger partial charge in [0.2, 0.25) is 10.9 Å². The molecule has 8 heteroatoms. The van der Waals surface area contributed by atoms with E-state index >= 15 is 0 Å². The molecule has 0 amide bonds. The van der Waals surface area contributed by atoms with Crippen LogP contribution in [0, 0.1) is 0 Å². The van der Waals surface area contributed by atoms with Crippen molar-refractivity contribution in [1.82, 2.24) is 4.98 Å². The number of carbonyl (C=O) groups is 1. The van der Waals surface area contributed by atoms with Gasteiger partial charge in [0, 0.05) is 0 Å². The van der Waals surface area contributed by atoms with Gasteiger partial charge in [0.25, 0.3) is 0 Å². The second-order valence-corrected chi connectivity index (χ2v) is 2.71. The minimum absolute atomic E-state index is 0.274. The van der Waals surface area contributed by atoms with Crippen LogP contribution in [0.1, 0.15) is 5.01 Å². The molecule has 0 unspecified atom stereocenters. The van der Waals surface area contributed by atoms with Crippen molar-refractivity contribution >= 4 is 17.5 Å². The third-order valence-electron chi connectivity index (χ3n) is 0.917. The van der Waals surface area contributed by atoms with Gasteiger partial charge in [-0.25, -0.2) is 4.79 Å². The SMILES string of the molecule is O=C(O)Oc1csc(C(F)(F)F)n1. The van der Waals surface area contributed by atoms with Crippen LogP contribution in [0.3, 0.4) is 0 Å². The maximum atomic E-state index is 11.9. The molecule has 1 heterocycles. The van der Waals surface area contributed by atoms with Crippen LogP contribution in [-0.2, 0) is 6.18 Å². The molecule has 1 N–H and O–H groups in total. The van der Waals surface area contributed by atoms with Gasteiger partial charge in [-0.3, -0.25) is 0 Å². The molecular formula is C5H2F3NO3S. The summed E-state index contributed by atoms with van der Waals surface area (Å²) in [6.07, 6.45) is -6.26. The maximum Gasteiger partial charge on any atom is 0.512 e. The number of hydrogen-bond donors (Lipinski definition) is 1. The zero-order valence-electron chi connectivity index (χ0n) is 5.83. The van der Waals surface area contributed by atoms with E-state index in [1.54, 1.807) is 0 Å². The summed E-state index contributed by atoms with van der Waals surface area (Å²) < 4.78 is 39.6. The second-order valence-electron chi connectivity index (χ2n) is 1.86. The van der Waals surface area contributed by atoms with Crippen LogP contribution in [0.4, 0.5) is 18.0 Å². The number of carboxylic acid groups (broad SMARTS) is 1. The highest BCUT2D eigenvalue weighted by Crippen LogP contribution is 2.33. The molecule has 0 aliphatic carbocycles. The molecule has 4 nitrogen and oxygen atoms in total. The Hall–Kier alpha value is -1.31. The highest BCUT2D eigenvalue weighted by molar-refractivity contribution is 7.09. The molecular weight excluding hydrogens is 211 g/mol. The van der Waals surface area contributed by atoms with E-state index in [0.29, 0.717) is 0 Å². The van der Waals surface area contributed by atoms with Crippen LogP contribution in [0.25, 0.3) is 0 Å². The van der Waals surface area contributed by atoms with E-state index in [4.69, 9.17) is 5.11 Å². The average Bonchev–Trinajstić information content (AvgIpc) is 2.32. The normalized spacial score (nSPS) is 11.3. The fourth-order valence-corrected chi connectivity index (χ4v) is 1.12. The summed E-state index contributed by atoms with van der Waals surface area (Å²) >= 11 is 0.274. The van der Waals surface area contributed by atoms with E-state index in [0.717, 1.165) is 5.38 Å². The van der Waals surface area contributed by atoms with E-state index in [1.165, 1.54) is 0 Å². The predicted molar refractivity (Wildman–Crippen MR) is 35.8 cm³/mol. The summed E-state index contributed by atoms with van der Waals surface area (Å²) in [6.45, 7) is 0. The van der Waals surface area contributed by atoms with Gasteiger partial charge in [-0.15, -0.1) is 11.3 Å². The lowest BCUT2D eigenvalue weighted by atomic mass is 10.7. The van der Waals surface area contributed by atoms with Crippen molar-refractivity contribution in [2.75, 3.05) is 0 Å². The summed E-state index contributed by atoms with van der Waals surface area (Å²) in [5.74, 6) is -0.565. The van der Waals surface area contributed by atoms with Gasteiger partial charge < -0.3 is 9.84 Å². The smallest absolute Gasteiger partial charge is 0.449 e. The van der Waals surface area contributed by atoms with E-state index in [9.17, 15) is 18.0 Å². The maximum absolute atomic E-state index is 11.9. The monoisotopic (exact) mass is 213 g/mol. The summed E-state index contributed by atoms with van der Waals surface area (Å²) in [5.41, 5.74) is 0. The van der Waals surface area contributed by atoms with Gasteiger partial charge in [-0.1, -0.05) is 0 Å². The van der Waals surface area contributed by atoms with Gasteiger partial charge in [-0.2, -0.15) is 18.2 Å². The standard InChI is InChI=1S/C5H2F3NO3S/c6-5(7,8)3-9-2(1-13-3)12-4(10)11/h1H,(H,10,11). The van der Waals surface area contributed by atoms with Crippen LogP contribution in [0.2, 0.25) is 0 Å². The lowest BCUT2D eigenvalue weighted by Crippen LogP contribution is -2.06. The van der Waals surface area contributed by atoms with E-state index in [1.807, 2.05) is 0 Å².